The largest absolute Gasteiger partial charge is 0.373 e. The normalized spacial score (nSPS) is 15.0. The molecule has 0 bridgehead atoms. The standard InChI is InChI=1S/C17H21F2N2/c1-20(2)10-11-21(3)17-7-5-4-6-14(17)15-12-13(18)8-9-16(15)19/h4,6-9,12H,5,10-11H2,1-3H3. The third-order valence-corrected chi connectivity index (χ3v) is 3.52. The average molecular weight is 291 g/mol. The highest BCUT2D eigenvalue weighted by Crippen LogP contribution is 2.31. The minimum atomic E-state index is -0.423. The van der Waals surface area contributed by atoms with Gasteiger partial charge in [0.15, 0.2) is 0 Å². The molecule has 113 valence electrons. The van der Waals surface area contributed by atoms with Crippen molar-refractivity contribution in [2.75, 3.05) is 34.2 Å². The Morgan fingerprint density at radius 2 is 1.86 bits per heavy atom. The number of halogens is 2. The Labute approximate surface area is 125 Å². The second-order valence-electron chi connectivity index (χ2n) is 5.49. The van der Waals surface area contributed by atoms with Gasteiger partial charge in [-0.05, 0) is 45.1 Å². The molecule has 0 saturated heterocycles. The van der Waals surface area contributed by atoms with Gasteiger partial charge in [0.1, 0.15) is 11.6 Å². The van der Waals surface area contributed by atoms with Gasteiger partial charge >= 0.3 is 0 Å². The monoisotopic (exact) mass is 291 g/mol. The number of likely N-dealkylation sites (N-methyl/N-ethyl adjacent to an activating group) is 2. The van der Waals surface area contributed by atoms with E-state index in [1.807, 2.05) is 33.6 Å². The van der Waals surface area contributed by atoms with Crippen LogP contribution in [-0.4, -0.2) is 44.0 Å². The number of hydrogen-bond donors (Lipinski definition) is 0. The Morgan fingerprint density at radius 1 is 1.10 bits per heavy atom. The quantitative estimate of drug-likeness (QED) is 0.821. The van der Waals surface area contributed by atoms with E-state index in [-0.39, 0.29) is 0 Å². The van der Waals surface area contributed by atoms with E-state index in [0.29, 0.717) is 5.56 Å². The average Bonchev–Trinajstić information content (AvgIpc) is 2.47. The van der Waals surface area contributed by atoms with Crippen LogP contribution in [0.5, 0.6) is 0 Å². The van der Waals surface area contributed by atoms with Gasteiger partial charge in [-0.1, -0.05) is 12.2 Å². The van der Waals surface area contributed by atoms with Crippen LogP contribution in [-0.2, 0) is 0 Å². The number of allylic oxidation sites excluding steroid dienone is 3. The first-order valence-corrected chi connectivity index (χ1v) is 7.04. The summed E-state index contributed by atoms with van der Waals surface area (Å²) in [6.45, 7) is 1.73. The first kappa shape index (κ1) is 15.7. The van der Waals surface area contributed by atoms with Gasteiger partial charge in [-0.15, -0.1) is 0 Å². The molecule has 0 spiro atoms. The minimum Gasteiger partial charge on any atom is -0.373 e. The molecule has 1 aliphatic rings. The second-order valence-corrected chi connectivity index (χ2v) is 5.49. The molecular formula is C17H21F2N2. The Balaban J connectivity index is 2.26. The molecule has 4 heteroatoms. The maximum Gasteiger partial charge on any atom is 0.131 e. The molecule has 0 unspecified atom stereocenters. The topological polar surface area (TPSA) is 6.48 Å². The molecule has 1 radical (unpaired) electrons. The van der Waals surface area contributed by atoms with E-state index in [9.17, 15) is 8.78 Å². The lowest BCUT2D eigenvalue weighted by Gasteiger charge is -2.28. The lowest BCUT2D eigenvalue weighted by atomic mass is 9.95. The molecule has 1 aliphatic carbocycles. The summed E-state index contributed by atoms with van der Waals surface area (Å²) < 4.78 is 27.5. The number of hydrogen-bond acceptors (Lipinski definition) is 2. The zero-order valence-electron chi connectivity index (χ0n) is 12.7. The van der Waals surface area contributed by atoms with Crippen LogP contribution in [0, 0.1) is 18.1 Å². The maximum absolute atomic E-state index is 14.0. The molecule has 0 N–H and O–H groups in total. The number of rotatable bonds is 5. The van der Waals surface area contributed by atoms with Crippen molar-refractivity contribution in [3.05, 3.63) is 59.7 Å². The fraction of sp³-hybridized carbons (Fsp3) is 0.353. The summed E-state index contributed by atoms with van der Waals surface area (Å²) in [5, 5.41) is 0. The molecule has 0 aliphatic heterocycles. The first-order chi connectivity index (χ1) is 9.99. The minimum absolute atomic E-state index is 0.314. The van der Waals surface area contributed by atoms with Crippen LogP contribution in [0.4, 0.5) is 8.78 Å². The highest BCUT2D eigenvalue weighted by Gasteiger charge is 2.18. The van der Waals surface area contributed by atoms with E-state index in [0.717, 1.165) is 36.8 Å². The molecule has 2 rings (SSSR count). The summed E-state index contributed by atoms with van der Waals surface area (Å²) in [7, 11) is 6.01. The van der Waals surface area contributed by atoms with Crippen LogP contribution in [0.15, 0.2) is 36.0 Å². The number of benzene rings is 1. The van der Waals surface area contributed by atoms with Crippen LogP contribution in [0.1, 0.15) is 12.0 Å². The van der Waals surface area contributed by atoms with Gasteiger partial charge in [-0.3, -0.25) is 0 Å². The van der Waals surface area contributed by atoms with Crippen LogP contribution in [0.2, 0.25) is 0 Å². The predicted octanol–water partition coefficient (Wildman–Crippen LogP) is 3.33. The Hall–Kier alpha value is -1.68. The van der Waals surface area contributed by atoms with Gasteiger partial charge in [-0.25, -0.2) is 8.78 Å². The second kappa shape index (κ2) is 6.85. The van der Waals surface area contributed by atoms with Crippen molar-refractivity contribution in [3.63, 3.8) is 0 Å². The molecule has 2 nitrogen and oxygen atoms in total. The van der Waals surface area contributed by atoms with Gasteiger partial charge in [0.2, 0.25) is 0 Å². The third-order valence-electron chi connectivity index (χ3n) is 3.52. The lowest BCUT2D eigenvalue weighted by molar-refractivity contribution is 0.331. The summed E-state index contributed by atoms with van der Waals surface area (Å²) in [6.07, 6.45) is 6.69. The van der Waals surface area contributed by atoms with E-state index >= 15 is 0 Å². The Morgan fingerprint density at radius 3 is 2.57 bits per heavy atom. The molecular weight excluding hydrogens is 270 g/mol. The van der Waals surface area contributed by atoms with Crippen LogP contribution in [0.25, 0.3) is 5.57 Å². The summed E-state index contributed by atoms with van der Waals surface area (Å²) in [6, 6.07) is 3.58. The van der Waals surface area contributed by atoms with Crippen LogP contribution < -0.4 is 0 Å². The molecule has 0 atom stereocenters. The summed E-state index contributed by atoms with van der Waals surface area (Å²) in [5.41, 5.74) is 2.00. The zero-order valence-corrected chi connectivity index (χ0v) is 12.7. The van der Waals surface area contributed by atoms with Gasteiger partial charge < -0.3 is 9.80 Å². The van der Waals surface area contributed by atoms with Crippen molar-refractivity contribution < 1.29 is 8.78 Å². The van der Waals surface area contributed by atoms with Crippen molar-refractivity contribution in [2.45, 2.75) is 6.42 Å². The van der Waals surface area contributed by atoms with E-state index in [1.165, 1.54) is 12.1 Å². The highest BCUT2D eigenvalue weighted by atomic mass is 19.1. The van der Waals surface area contributed by atoms with Gasteiger partial charge in [0.25, 0.3) is 0 Å². The van der Waals surface area contributed by atoms with Gasteiger partial charge in [0, 0.05) is 37.0 Å². The molecule has 1 aromatic rings. The third kappa shape index (κ3) is 3.91. The smallest absolute Gasteiger partial charge is 0.131 e. The fourth-order valence-electron chi connectivity index (χ4n) is 2.32. The van der Waals surface area contributed by atoms with E-state index < -0.39 is 11.6 Å². The molecule has 21 heavy (non-hydrogen) atoms. The molecule has 0 saturated carbocycles. The zero-order chi connectivity index (χ0) is 15.4. The van der Waals surface area contributed by atoms with E-state index in [2.05, 4.69) is 15.9 Å². The van der Waals surface area contributed by atoms with Crippen molar-refractivity contribution in [3.8, 4) is 0 Å². The van der Waals surface area contributed by atoms with Gasteiger partial charge in [-0.2, -0.15) is 0 Å². The molecule has 0 heterocycles. The first-order valence-electron chi connectivity index (χ1n) is 7.04. The Kier molecular flexibility index (Phi) is 5.12. The summed E-state index contributed by atoms with van der Waals surface area (Å²) in [4.78, 5) is 4.18. The predicted molar refractivity (Wildman–Crippen MR) is 82.5 cm³/mol. The lowest BCUT2D eigenvalue weighted by Crippen LogP contribution is -2.29. The molecule has 0 fully saturated rings. The van der Waals surface area contributed by atoms with Crippen molar-refractivity contribution in [1.82, 2.24) is 9.80 Å². The molecule has 1 aromatic carbocycles. The SMILES string of the molecule is CN(C)CCN(C)C1=CC[CH]C=C1c1cc(F)ccc1F. The maximum atomic E-state index is 14.0. The van der Waals surface area contributed by atoms with Crippen molar-refractivity contribution in [2.24, 2.45) is 0 Å². The Bertz CT molecular complexity index is 562. The van der Waals surface area contributed by atoms with Crippen LogP contribution >= 0.6 is 0 Å². The summed E-state index contributed by atoms with van der Waals surface area (Å²) >= 11 is 0. The molecule has 0 aromatic heterocycles. The van der Waals surface area contributed by atoms with Crippen molar-refractivity contribution >= 4 is 5.57 Å². The highest BCUT2D eigenvalue weighted by molar-refractivity contribution is 5.80. The van der Waals surface area contributed by atoms with Gasteiger partial charge in [0.05, 0.1) is 0 Å². The van der Waals surface area contributed by atoms with Crippen LogP contribution in [0.3, 0.4) is 0 Å². The number of nitrogens with zero attached hydrogens (tertiary/aromatic N) is 2. The van der Waals surface area contributed by atoms with Crippen molar-refractivity contribution in [1.29, 1.82) is 0 Å². The summed E-state index contributed by atoms with van der Waals surface area (Å²) in [5.74, 6) is -0.821. The van der Waals surface area contributed by atoms with E-state index in [4.69, 9.17) is 0 Å². The fourth-order valence-corrected chi connectivity index (χ4v) is 2.32. The molecule has 0 amide bonds. The van der Waals surface area contributed by atoms with E-state index in [1.54, 1.807) is 0 Å².